The molecule has 8 heteroatoms. The van der Waals surface area contributed by atoms with Crippen LogP contribution in [0.3, 0.4) is 0 Å². The van der Waals surface area contributed by atoms with Crippen LogP contribution in [0, 0.1) is 17.1 Å². The minimum atomic E-state index is -1.03. The molecule has 40 heavy (non-hydrogen) atoms. The summed E-state index contributed by atoms with van der Waals surface area (Å²) in [4.78, 5) is 25.0. The van der Waals surface area contributed by atoms with Gasteiger partial charge in [-0.2, -0.15) is 5.26 Å². The SMILES string of the molecule is C[C@H](NC(=O)c1cc(-c2cc(F)cc(C#N)c2)cc2ccn(Cc3cccc(Cl)c3)c12)c1ccc(C(=O)O)cc1. The van der Waals surface area contributed by atoms with Crippen molar-refractivity contribution in [2.45, 2.75) is 19.5 Å². The first kappa shape index (κ1) is 26.7. The van der Waals surface area contributed by atoms with Crippen LogP contribution in [0.1, 0.15) is 50.4 Å². The number of amides is 1. The molecule has 5 aromatic rings. The monoisotopic (exact) mass is 551 g/mol. The van der Waals surface area contributed by atoms with Crippen molar-refractivity contribution in [2.24, 2.45) is 0 Å². The van der Waals surface area contributed by atoms with E-state index in [0.29, 0.717) is 33.8 Å². The van der Waals surface area contributed by atoms with E-state index in [1.165, 1.54) is 18.2 Å². The Morgan fingerprint density at radius 1 is 1.02 bits per heavy atom. The van der Waals surface area contributed by atoms with Gasteiger partial charge in [0.05, 0.1) is 34.3 Å². The van der Waals surface area contributed by atoms with Gasteiger partial charge in [-0.05, 0) is 89.8 Å². The van der Waals surface area contributed by atoms with Gasteiger partial charge >= 0.3 is 5.97 Å². The van der Waals surface area contributed by atoms with Crippen molar-refractivity contribution in [3.05, 3.63) is 130 Å². The highest BCUT2D eigenvalue weighted by atomic mass is 35.5. The zero-order valence-corrected chi connectivity index (χ0v) is 22.1. The molecule has 1 aromatic heterocycles. The molecule has 0 unspecified atom stereocenters. The number of nitrogens with zero attached hydrogens (tertiary/aromatic N) is 2. The van der Waals surface area contributed by atoms with Crippen LogP contribution in [-0.4, -0.2) is 21.6 Å². The largest absolute Gasteiger partial charge is 0.478 e. The summed E-state index contributed by atoms with van der Waals surface area (Å²) in [6.07, 6.45) is 1.88. The van der Waals surface area contributed by atoms with Gasteiger partial charge in [0.25, 0.3) is 5.91 Å². The summed E-state index contributed by atoms with van der Waals surface area (Å²) in [6.45, 7) is 2.28. The number of rotatable bonds is 7. The number of carboxylic acid groups (broad SMARTS) is 1. The van der Waals surface area contributed by atoms with Crippen LogP contribution in [0.15, 0.2) is 91.1 Å². The second-order valence-corrected chi connectivity index (χ2v) is 9.93. The molecule has 1 amide bonds. The topological polar surface area (TPSA) is 95.1 Å². The van der Waals surface area contributed by atoms with E-state index in [9.17, 15) is 24.3 Å². The van der Waals surface area contributed by atoms with Gasteiger partial charge in [0, 0.05) is 23.2 Å². The second kappa shape index (κ2) is 11.0. The number of carboxylic acids is 1. The molecule has 1 heterocycles. The van der Waals surface area contributed by atoms with E-state index in [4.69, 9.17) is 11.6 Å². The molecule has 0 saturated heterocycles. The Bertz CT molecular complexity index is 1810. The lowest BCUT2D eigenvalue weighted by molar-refractivity contribution is 0.0696. The normalized spacial score (nSPS) is 11.7. The standard InChI is InChI=1S/C32H23ClFN3O3/c1-19(22-5-7-23(8-6-22)32(39)40)36-31(38)29-16-26(25-11-21(17-35)13-28(34)15-25)14-24-9-10-37(30(24)29)18-20-3-2-4-27(33)12-20/h2-16,19H,18H2,1H3,(H,36,38)(H,39,40)/t19-/m0/s1. The molecule has 0 radical (unpaired) electrons. The predicted octanol–water partition coefficient (Wildman–Crippen LogP) is 7.21. The average molecular weight is 552 g/mol. The number of fused-ring (bicyclic) bond motifs is 1. The number of hydrogen-bond acceptors (Lipinski definition) is 3. The first-order valence-electron chi connectivity index (χ1n) is 12.4. The highest BCUT2D eigenvalue weighted by molar-refractivity contribution is 6.30. The van der Waals surface area contributed by atoms with Crippen LogP contribution in [0.4, 0.5) is 4.39 Å². The van der Waals surface area contributed by atoms with E-state index in [1.807, 2.05) is 54.1 Å². The Balaban J connectivity index is 1.58. The van der Waals surface area contributed by atoms with Crippen molar-refractivity contribution in [2.75, 3.05) is 0 Å². The maximum atomic E-state index is 14.3. The van der Waals surface area contributed by atoms with Gasteiger partial charge in [-0.1, -0.05) is 35.9 Å². The molecular weight excluding hydrogens is 529 g/mol. The molecule has 0 spiro atoms. The van der Waals surface area contributed by atoms with Crippen molar-refractivity contribution in [3.63, 3.8) is 0 Å². The fraction of sp³-hybridized carbons (Fsp3) is 0.0938. The summed E-state index contributed by atoms with van der Waals surface area (Å²) >= 11 is 6.19. The molecule has 1 atom stereocenters. The van der Waals surface area contributed by atoms with Crippen LogP contribution in [0.5, 0.6) is 0 Å². The second-order valence-electron chi connectivity index (χ2n) is 9.50. The van der Waals surface area contributed by atoms with Crippen molar-refractivity contribution in [3.8, 4) is 17.2 Å². The Hall–Kier alpha value is -4.93. The number of hydrogen-bond donors (Lipinski definition) is 2. The van der Waals surface area contributed by atoms with E-state index < -0.39 is 17.8 Å². The maximum Gasteiger partial charge on any atom is 0.335 e. The first-order chi connectivity index (χ1) is 19.2. The quantitative estimate of drug-likeness (QED) is 0.223. The number of nitrogens with one attached hydrogen (secondary N) is 1. The minimum absolute atomic E-state index is 0.155. The maximum absolute atomic E-state index is 14.3. The Morgan fingerprint density at radius 2 is 1.77 bits per heavy atom. The number of aromatic carboxylic acids is 1. The molecular formula is C32H23ClFN3O3. The number of carbonyl (C=O) groups excluding carboxylic acids is 1. The summed E-state index contributed by atoms with van der Waals surface area (Å²) in [7, 11) is 0. The van der Waals surface area contributed by atoms with Crippen LogP contribution < -0.4 is 5.32 Å². The van der Waals surface area contributed by atoms with E-state index in [1.54, 1.807) is 30.3 Å². The van der Waals surface area contributed by atoms with E-state index in [0.717, 1.165) is 22.6 Å². The van der Waals surface area contributed by atoms with Gasteiger partial charge in [-0.25, -0.2) is 9.18 Å². The molecule has 6 nitrogen and oxygen atoms in total. The molecule has 2 N–H and O–H groups in total. The van der Waals surface area contributed by atoms with Crippen molar-refractivity contribution in [1.29, 1.82) is 5.26 Å². The summed E-state index contributed by atoms with van der Waals surface area (Å²) in [5.41, 5.74) is 4.16. The first-order valence-corrected chi connectivity index (χ1v) is 12.8. The van der Waals surface area contributed by atoms with Crippen molar-refractivity contribution in [1.82, 2.24) is 9.88 Å². The predicted molar refractivity (Wildman–Crippen MR) is 152 cm³/mol. The lowest BCUT2D eigenvalue weighted by Gasteiger charge is -2.17. The van der Waals surface area contributed by atoms with Gasteiger partial charge in [0.15, 0.2) is 0 Å². The number of halogens is 2. The molecule has 0 aliphatic carbocycles. The summed E-state index contributed by atoms with van der Waals surface area (Å²) in [5, 5.41) is 22.9. The molecule has 5 rings (SSSR count). The Kier molecular flexibility index (Phi) is 7.37. The molecule has 0 aliphatic rings. The summed E-state index contributed by atoms with van der Waals surface area (Å²) < 4.78 is 16.3. The third-order valence-corrected chi connectivity index (χ3v) is 6.95. The highest BCUT2D eigenvalue weighted by Gasteiger charge is 2.19. The average Bonchev–Trinajstić information content (AvgIpc) is 3.34. The Labute approximate surface area is 234 Å². The molecule has 0 aliphatic heterocycles. The van der Waals surface area contributed by atoms with Crippen molar-refractivity contribution < 1.29 is 19.1 Å². The third-order valence-electron chi connectivity index (χ3n) is 6.71. The van der Waals surface area contributed by atoms with Crippen LogP contribution >= 0.6 is 11.6 Å². The number of benzene rings is 4. The van der Waals surface area contributed by atoms with Gasteiger partial charge in [0.1, 0.15) is 5.82 Å². The lowest BCUT2D eigenvalue weighted by atomic mass is 9.98. The van der Waals surface area contributed by atoms with Crippen LogP contribution in [0.25, 0.3) is 22.0 Å². The third kappa shape index (κ3) is 5.58. The van der Waals surface area contributed by atoms with Gasteiger partial charge < -0.3 is 15.0 Å². The van der Waals surface area contributed by atoms with Gasteiger partial charge in [-0.15, -0.1) is 0 Å². The van der Waals surface area contributed by atoms with Crippen LogP contribution in [-0.2, 0) is 6.54 Å². The van der Waals surface area contributed by atoms with Crippen molar-refractivity contribution >= 4 is 34.4 Å². The number of nitriles is 1. The van der Waals surface area contributed by atoms with Gasteiger partial charge in [-0.3, -0.25) is 4.79 Å². The van der Waals surface area contributed by atoms with E-state index >= 15 is 0 Å². The molecule has 0 bridgehead atoms. The number of carbonyl (C=O) groups is 2. The summed E-state index contributed by atoms with van der Waals surface area (Å²) in [5.74, 6) is -1.93. The molecule has 4 aromatic carbocycles. The smallest absolute Gasteiger partial charge is 0.335 e. The lowest BCUT2D eigenvalue weighted by Crippen LogP contribution is -2.27. The zero-order valence-electron chi connectivity index (χ0n) is 21.4. The van der Waals surface area contributed by atoms with Crippen LogP contribution in [0.2, 0.25) is 5.02 Å². The number of aromatic nitrogens is 1. The fourth-order valence-electron chi connectivity index (χ4n) is 4.75. The van der Waals surface area contributed by atoms with E-state index in [-0.39, 0.29) is 17.0 Å². The van der Waals surface area contributed by atoms with E-state index in [2.05, 4.69) is 5.32 Å². The summed E-state index contributed by atoms with van der Waals surface area (Å²) in [6, 6.07) is 24.9. The molecule has 198 valence electrons. The fourth-order valence-corrected chi connectivity index (χ4v) is 4.96. The molecule has 0 saturated carbocycles. The minimum Gasteiger partial charge on any atom is -0.478 e. The highest BCUT2D eigenvalue weighted by Crippen LogP contribution is 2.31. The molecule has 0 fully saturated rings. The zero-order chi connectivity index (χ0) is 28.4. The Morgan fingerprint density at radius 3 is 2.48 bits per heavy atom. The van der Waals surface area contributed by atoms with Gasteiger partial charge in [0.2, 0.25) is 0 Å².